The first-order chi connectivity index (χ1) is 11.1. The SMILES string of the molecule is C/C(C=O)=C\C=C\[C@@H](C)[C@H](O[Si](C)(C)C(C)(C)C)c1ccccc1. The molecule has 2 nitrogen and oxygen atoms in total. The van der Waals surface area contributed by atoms with Gasteiger partial charge in [-0.1, -0.05) is 76.3 Å². The smallest absolute Gasteiger partial charge is 0.192 e. The molecule has 0 fully saturated rings. The third-order valence-electron chi connectivity index (χ3n) is 4.79. The van der Waals surface area contributed by atoms with Crippen LogP contribution in [0.15, 0.2) is 54.1 Å². The normalized spacial score (nSPS) is 16.2. The maximum atomic E-state index is 10.7. The largest absolute Gasteiger partial charge is 0.409 e. The number of rotatable bonds is 7. The molecule has 0 aliphatic heterocycles. The van der Waals surface area contributed by atoms with Gasteiger partial charge in [-0.3, -0.25) is 4.79 Å². The van der Waals surface area contributed by atoms with E-state index in [1.807, 2.05) is 25.1 Å². The van der Waals surface area contributed by atoms with Crippen molar-refractivity contribution in [3.8, 4) is 0 Å². The van der Waals surface area contributed by atoms with Gasteiger partial charge in [0.15, 0.2) is 8.32 Å². The molecule has 0 unspecified atom stereocenters. The highest BCUT2D eigenvalue weighted by molar-refractivity contribution is 6.74. The van der Waals surface area contributed by atoms with Gasteiger partial charge in [0, 0.05) is 5.92 Å². The second-order valence-electron chi connectivity index (χ2n) is 7.98. The first-order valence-corrected chi connectivity index (χ1v) is 11.5. The Kier molecular flexibility index (Phi) is 7.37. The summed E-state index contributed by atoms with van der Waals surface area (Å²) in [5.41, 5.74) is 1.93. The van der Waals surface area contributed by atoms with E-state index in [2.05, 4.69) is 71.1 Å². The van der Waals surface area contributed by atoms with Crippen molar-refractivity contribution in [3.05, 3.63) is 59.7 Å². The lowest BCUT2D eigenvalue weighted by Gasteiger charge is -2.40. The minimum Gasteiger partial charge on any atom is -0.409 e. The molecule has 0 aromatic heterocycles. The second-order valence-corrected chi connectivity index (χ2v) is 12.7. The zero-order valence-electron chi connectivity index (χ0n) is 16.2. The molecule has 0 radical (unpaired) electrons. The predicted molar refractivity (Wildman–Crippen MR) is 106 cm³/mol. The lowest BCUT2D eigenvalue weighted by molar-refractivity contribution is -0.104. The van der Waals surface area contributed by atoms with E-state index in [0.29, 0.717) is 0 Å². The number of allylic oxidation sites excluding steroid dienone is 3. The fourth-order valence-electron chi connectivity index (χ4n) is 2.14. The summed E-state index contributed by atoms with van der Waals surface area (Å²) >= 11 is 0. The minimum absolute atomic E-state index is 0.0216. The van der Waals surface area contributed by atoms with Crippen LogP contribution >= 0.6 is 0 Å². The van der Waals surface area contributed by atoms with Gasteiger partial charge in [-0.25, -0.2) is 0 Å². The maximum absolute atomic E-state index is 10.7. The Morgan fingerprint density at radius 1 is 1.17 bits per heavy atom. The van der Waals surface area contributed by atoms with Crippen LogP contribution in [0.1, 0.15) is 46.3 Å². The number of hydrogen-bond donors (Lipinski definition) is 0. The molecule has 0 N–H and O–H groups in total. The third kappa shape index (κ3) is 5.88. The number of benzene rings is 1. The lowest BCUT2D eigenvalue weighted by atomic mass is 9.97. The average Bonchev–Trinajstić information content (AvgIpc) is 2.52. The quantitative estimate of drug-likeness (QED) is 0.259. The summed E-state index contributed by atoms with van der Waals surface area (Å²) in [5, 5.41) is 0.164. The van der Waals surface area contributed by atoms with Gasteiger partial charge in [0.25, 0.3) is 0 Å². The summed E-state index contributed by atoms with van der Waals surface area (Å²) in [4.78, 5) is 10.7. The Labute approximate surface area is 148 Å². The molecule has 0 amide bonds. The van der Waals surface area contributed by atoms with E-state index in [-0.39, 0.29) is 17.1 Å². The van der Waals surface area contributed by atoms with Gasteiger partial charge in [-0.2, -0.15) is 0 Å². The van der Waals surface area contributed by atoms with Gasteiger partial charge < -0.3 is 4.43 Å². The van der Waals surface area contributed by atoms with E-state index < -0.39 is 8.32 Å². The molecule has 0 aliphatic rings. The molecule has 0 spiro atoms. The average molecular weight is 345 g/mol. The van der Waals surface area contributed by atoms with E-state index in [4.69, 9.17) is 4.43 Å². The van der Waals surface area contributed by atoms with Crippen LogP contribution in [-0.4, -0.2) is 14.6 Å². The van der Waals surface area contributed by atoms with Crippen LogP contribution in [-0.2, 0) is 9.22 Å². The van der Waals surface area contributed by atoms with Crippen LogP contribution in [0.4, 0.5) is 0 Å². The molecule has 0 saturated carbocycles. The summed E-state index contributed by atoms with van der Waals surface area (Å²) in [6, 6.07) is 10.4. The Morgan fingerprint density at radius 3 is 2.25 bits per heavy atom. The van der Waals surface area contributed by atoms with Crippen LogP contribution in [0.25, 0.3) is 0 Å². The van der Waals surface area contributed by atoms with Crippen molar-refractivity contribution < 1.29 is 9.22 Å². The molecular weight excluding hydrogens is 312 g/mol. The van der Waals surface area contributed by atoms with Crippen LogP contribution < -0.4 is 0 Å². The molecule has 0 bridgehead atoms. The van der Waals surface area contributed by atoms with Crippen molar-refractivity contribution in [3.63, 3.8) is 0 Å². The standard InChI is InChI=1S/C21H32O2Si/c1-17(16-22)12-11-13-18(2)20(19-14-9-8-10-15-19)23-24(6,7)21(3,4)5/h8-16,18,20H,1-7H3/b13-11+,17-12+/t18-,20+/m1/s1. The van der Waals surface area contributed by atoms with E-state index in [1.165, 1.54) is 5.56 Å². The van der Waals surface area contributed by atoms with Crippen LogP contribution in [0.2, 0.25) is 18.1 Å². The van der Waals surface area contributed by atoms with Crippen molar-refractivity contribution in [2.24, 2.45) is 5.92 Å². The molecule has 0 heterocycles. The minimum atomic E-state index is -1.89. The highest BCUT2D eigenvalue weighted by atomic mass is 28.4. The summed E-state index contributed by atoms with van der Waals surface area (Å²) in [6.07, 6.45) is 6.82. The molecule has 3 heteroatoms. The van der Waals surface area contributed by atoms with E-state index >= 15 is 0 Å². The number of carbonyl (C=O) groups is 1. The zero-order chi connectivity index (χ0) is 18.4. The van der Waals surface area contributed by atoms with Gasteiger partial charge in [0.05, 0.1) is 6.10 Å². The Balaban J connectivity index is 3.09. The van der Waals surface area contributed by atoms with E-state index in [1.54, 1.807) is 0 Å². The molecule has 132 valence electrons. The van der Waals surface area contributed by atoms with Crippen molar-refractivity contribution in [2.75, 3.05) is 0 Å². The monoisotopic (exact) mass is 344 g/mol. The van der Waals surface area contributed by atoms with Crippen LogP contribution in [0.3, 0.4) is 0 Å². The highest BCUT2D eigenvalue weighted by Gasteiger charge is 2.40. The van der Waals surface area contributed by atoms with Gasteiger partial charge in [-0.05, 0) is 36.2 Å². The van der Waals surface area contributed by atoms with E-state index in [0.717, 1.165) is 11.9 Å². The topological polar surface area (TPSA) is 26.3 Å². The fraction of sp³-hybridized carbons (Fsp3) is 0.476. The van der Waals surface area contributed by atoms with Gasteiger partial charge in [0.2, 0.25) is 0 Å². The molecule has 24 heavy (non-hydrogen) atoms. The second kappa shape index (κ2) is 8.59. The Bertz CT molecular complexity index is 580. The molecule has 0 saturated heterocycles. The summed E-state index contributed by atoms with van der Waals surface area (Å²) in [7, 11) is -1.89. The van der Waals surface area contributed by atoms with E-state index in [9.17, 15) is 4.79 Å². The number of aldehydes is 1. The van der Waals surface area contributed by atoms with Crippen molar-refractivity contribution in [1.29, 1.82) is 0 Å². The summed E-state index contributed by atoms with van der Waals surface area (Å²) in [5.74, 6) is 0.220. The van der Waals surface area contributed by atoms with Gasteiger partial charge >= 0.3 is 0 Å². The molecular formula is C21H32O2Si. The predicted octanol–water partition coefficient (Wildman–Crippen LogP) is 6.09. The number of carbonyl (C=O) groups excluding carboxylic acids is 1. The highest BCUT2D eigenvalue weighted by Crippen LogP contribution is 2.41. The number of hydrogen-bond acceptors (Lipinski definition) is 2. The van der Waals surface area contributed by atoms with Crippen LogP contribution in [0, 0.1) is 5.92 Å². The Morgan fingerprint density at radius 2 is 1.75 bits per heavy atom. The van der Waals surface area contributed by atoms with Crippen molar-refractivity contribution in [2.45, 2.75) is 58.9 Å². The molecule has 1 aromatic rings. The maximum Gasteiger partial charge on any atom is 0.192 e. The summed E-state index contributed by atoms with van der Waals surface area (Å²) in [6.45, 7) is 15.3. The van der Waals surface area contributed by atoms with Crippen LogP contribution in [0.5, 0.6) is 0 Å². The van der Waals surface area contributed by atoms with Crippen molar-refractivity contribution >= 4 is 14.6 Å². The Hall–Kier alpha value is -1.45. The fourth-order valence-corrected chi connectivity index (χ4v) is 3.48. The molecule has 0 aliphatic carbocycles. The van der Waals surface area contributed by atoms with Gasteiger partial charge in [0.1, 0.15) is 6.29 Å². The summed E-state index contributed by atoms with van der Waals surface area (Å²) < 4.78 is 6.73. The molecule has 1 aromatic carbocycles. The molecule has 1 rings (SSSR count). The first kappa shape index (κ1) is 20.6. The van der Waals surface area contributed by atoms with Gasteiger partial charge in [-0.15, -0.1) is 0 Å². The zero-order valence-corrected chi connectivity index (χ0v) is 17.2. The first-order valence-electron chi connectivity index (χ1n) is 8.61. The lowest BCUT2D eigenvalue weighted by Crippen LogP contribution is -2.42. The molecule has 2 atom stereocenters. The van der Waals surface area contributed by atoms with Crippen molar-refractivity contribution in [1.82, 2.24) is 0 Å². The third-order valence-corrected chi connectivity index (χ3v) is 9.25.